The summed E-state index contributed by atoms with van der Waals surface area (Å²) in [6, 6.07) is 0. The van der Waals surface area contributed by atoms with Gasteiger partial charge >= 0.3 is 5.97 Å². The minimum absolute atomic E-state index is 0.290. The molecule has 0 heterocycles. The van der Waals surface area contributed by atoms with Crippen LogP contribution in [0.3, 0.4) is 0 Å². The highest BCUT2D eigenvalue weighted by Gasteiger charge is 2.35. The number of ether oxygens (including phenoxy) is 1. The van der Waals surface area contributed by atoms with Crippen LogP contribution in [0.1, 0.15) is 26.2 Å². The fraction of sp³-hybridized carbons (Fsp3) is 0.750. The SMILES string of the molecule is C=C(CNCC1(SC)CCC1)C(=O)OCC. The van der Waals surface area contributed by atoms with Crippen molar-refractivity contribution in [2.24, 2.45) is 0 Å². The minimum Gasteiger partial charge on any atom is -0.463 e. The van der Waals surface area contributed by atoms with Gasteiger partial charge in [-0.15, -0.1) is 0 Å². The molecule has 1 aliphatic carbocycles. The molecule has 1 rings (SSSR count). The van der Waals surface area contributed by atoms with Gasteiger partial charge in [0.2, 0.25) is 0 Å². The van der Waals surface area contributed by atoms with Crippen LogP contribution in [-0.4, -0.2) is 36.7 Å². The van der Waals surface area contributed by atoms with Crippen molar-refractivity contribution in [3.63, 3.8) is 0 Å². The van der Waals surface area contributed by atoms with E-state index in [1.807, 2.05) is 11.8 Å². The van der Waals surface area contributed by atoms with Crippen molar-refractivity contribution in [2.75, 3.05) is 26.0 Å². The first-order valence-corrected chi connectivity index (χ1v) is 6.97. The zero-order valence-corrected chi connectivity index (χ0v) is 11.0. The topological polar surface area (TPSA) is 38.3 Å². The van der Waals surface area contributed by atoms with E-state index in [1.54, 1.807) is 6.92 Å². The molecule has 0 aromatic carbocycles. The van der Waals surface area contributed by atoms with E-state index < -0.39 is 0 Å². The third-order valence-corrected chi connectivity index (χ3v) is 4.47. The fourth-order valence-electron chi connectivity index (χ4n) is 1.77. The van der Waals surface area contributed by atoms with Gasteiger partial charge in [-0.3, -0.25) is 0 Å². The molecule has 0 radical (unpaired) electrons. The predicted molar refractivity (Wildman–Crippen MR) is 68.7 cm³/mol. The molecule has 0 unspecified atom stereocenters. The number of nitrogens with one attached hydrogen (secondary N) is 1. The average molecular weight is 243 g/mol. The van der Waals surface area contributed by atoms with Crippen LogP contribution in [0.25, 0.3) is 0 Å². The summed E-state index contributed by atoms with van der Waals surface area (Å²) in [6.07, 6.45) is 6.02. The van der Waals surface area contributed by atoms with Crippen LogP contribution in [0.4, 0.5) is 0 Å². The summed E-state index contributed by atoms with van der Waals surface area (Å²) >= 11 is 1.92. The maximum Gasteiger partial charge on any atom is 0.334 e. The Morgan fingerprint density at radius 1 is 1.56 bits per heavy atom. The van der Waals surface area contributed by atoms with E-state index in [2.05, 4.69) is 18.2 Å². The second-order valence-corrected chi connectivity index (χ2v) is 5.44. The van der Waals surface area contributed by atoms with Crippen LogP contribution in [0.5, 0.6) is 0 Å². The van der Waals surface area contributed by atoms with E-state index in [0.29, 0.717) is 23.5 Å². The highest BCUT2D eigenvalue weighted by atomic mass is 32.2. The van der Waals surface area contributed by atoms with Gasteiger partial charge in [-0.1, -0.05) is 13.0 Å². The normalized spacial score (nSPS) is 17.6. The molecule has 0 atom stereocenters. The Morgan fingerprint density at radius 2 is 2.25 bits per heavy atom. The van der Waals surface area contributed by atoms with Crippen LogP contribution >= 0.6 is 11.8 Å². The van der Waals surface area contributed by atoms with Crippen LogP contribution in [0, 0.1) is 0 Å². The number of carbonyl (C=O) groups excluding carboxylic acids is 1. The van der Waals surface area contributed by atoms with E-state index in [0.717, 1.165) is 6.54 Å². The molecule has 92 valence electrons. The molecule has 1 saturated carbocycles. The summed E-state index contributed by atoms with van der Waals surface area (Å²) in [5.41, 5.74) is 0.512. The van der Waals surface area contributed by atoms with Crippen molar-refractivity contribution < 1.29 is 9.53 Å². The van der Waals surface area contributed by atoms with Crippen molar-refractivity contribution in [1.82, 2.24) is 5.32 Å². The maximum absolute atomic E-state index is 11.3. The van der Waals surface area contributed by atoms with Crippen molar-refractivity contribution in [3.8, 4) is 0 Å². The number of carbonyl (C=O) groups is 1. The molecular weight excluding hydrogens is 222 g/mol. The minimum atomic E-state index is -0.290. The molecule has 0 aliphatic heterocycles. The quantitative estimate of drug-likeness (QED) is 0.548. The molecule has 16 heavy (non-hydrogen) atoms. The first-order chi connectivity index (χ1) is 7.63. The molecule has 1 N–H and O–H groups in total. The Morgan fingerprint density at radius 3 is 2.69 bits per heavy atom. The fourth-order valence-corrected chi connectivity index (χ4v) is 2.71. The lowest BCUT2D eigenvalue weighted by atomic mass is 9.84. The first-order valence-electron chi connectivity index (χ1n) is 5.74. The number of thioether (sulfide) groups is 1. The third kappa shape index (κ3) is 3.52. The highest BCUT2D eigenvalue weighted by Crippen LogP contribution is 2.42. The molecule has 0 saturated heterocycles. The van der Waals surface area contributed by atoms with E-state index in [9.17, 15) is 4.79 Å². The van der Waals surface area contributed by atoms with Crippen LogP contribution < -0.4 is 5.32 Å². The van der Waals surface area contributed by atoms with Gasteiger partial charge < -0.3 is 10.1 Å². The summed E-state index contributed by atoms with van der Waals surface area (Å²) < 4.78 is 5.27. The van der Waals surface area contributed by atoms with E-state index >= 15 is 0 Å². The summed E-state index contributed by atoms with van der Waals surface area (Å²) in [5.74, 6) is -0.290. The van der Waals surface area contributed by atoms with Crippen molar-refractivity contribution >= 4 is 17.7 Å². The molecule has 1 aliphatic rings. The van der Waals surface area contributed by atoms with Gasteiger partial charge in [-0.2, -0.15) is 11.8 Å². The van der Waals surface area contributed by atoms with Crippen molar-refractivity contribution in [3.05, 3.63) is 12.2 Å². The zero-order chi connectivity index (χ0) is 12.0. The Balaban J connectivity index is 2.19. The number of hydrogen-bond donors (Lipinski definition) is 1. The smallest absolute Gasteiger partial charge is 0.334 e. The van der Waals surface area contributed by atoms with E-state index in [-0.39, 0.29) is 5.97 Å². The molecule has 0 aromatic heterocycles. The van der Waals surface area contributed by atoms with Gasteiger partial charge in [0.25, 0.3) is 0 Å². The lowest BCUT2D eigenvalue weighted by Crippen LogP contribution is -2.44. The molecule has 0 bridgehead atoms. The Kier molecular flexibility index (Phi) is 5.35. The van der Waals surface area contributed by atoms with E-state index in [1.165, 1.54) is 19.3 Å². The van der Waals surface area contributed by atoms with Gasteiger partial charge in [0, 0.05) is 23.4 Å². The summed E-state index contributed by atoms with van der Waals surface area (Å²) in [6.45, 7) is 7.41. The van der Waals surface area contributed by atoms with E-state index in [4.69, 9.17) is 4.74 Å². The lowest BCUT2D eigenvalue weighted by Gasteiger charge is -2.40. The van der Waals surface area contributed by atoms with Gasteiger partial charge in [0.1, 0.15) is 0 Å². The predicted octanol–water partition coefficient (Wildman–Crippen LogP) is 1.98. The summed E-state index contributed by atoms with van der Waals surface area (Å²) in [5, 5.41) is 3.30. The summed E-state index contributed by atoms with van der Waals surface area (Å²) in [7, 11) is 0. The maximum atomic E-state index is 11.3. The Bertz CT molecular complexity index is 256. The second kappa shape index (κ2) is 6.30. The van der Waals surface area contributed by atoms with Gasteiger partial charge in [-0.25, -0.2) is 4.79 Å². The van der Waals surface area contributed by atoms with Crippen LogP contribution in [-0.2, 0) is 9.53 Å². The Labute approximate surface area is 102 Å². The zero-order valence-electron chi connectivity index (χ0n) is 10.2. The molecule has 4 heteroatoms. The van der Waals surface area contributed by atoms with Gasteiger partial charge in [0.15, 0.2) is 0 Å². The molecule has 0 amide bonds. The Hall–Kier alpha value is -0.480. The molecule has 1 fully saturated rings. The molecule has 0 spiro atoms. The van der Waals surface area contributed by atoms with Crippen molar-refractivity contribution in [2.45, 2.75) is 30.9 Å². The average Bonchev–Trinajstić information content (AvgIpc) is 2.22. The monoisotopic (exact) mass is 243 g/mol. The molecule has 0 aromatic rings. The third-order valence-electron chi connectivity index (χ3n) is 3.05. The molecule has 3 nitrogen and oxygen atoms in total. The standard InChI is InChI=1S/C12H21NO2S/c1-4-15-11(14)10(2)8-13-9-12(16-3)6-5-7-12/h13H,2,4-9H2,1,3H3. The van der Waals surface area contributed by atoms with Gasteiger partial charge in [-0.05, 0) is 26.0 Å². The largest absolute Gasteiger partial charge is 0.463 e. The summed E-state index contributed by atoms with van der Waals surface area (Å²) in [4.78, 5) is 11.3. The molecular formula is C12H21NO2S. The number of rotatable bonds is 7. The number of esters is 1. The highest BCUT2D eigenvalue weighted by molar-refractivity contribution is 8.00. The van der Waals surface area contributed by atoms with Crippen LogP contribution in [0.2, 0.25) is 0 Å². The number of hydrogen-bond acceptors (Lipinski definition) is 4. The second-order valence-electron chi connectivity index (χ2n) is 4.17. The van der Waals surface area contributed by atoms with Gasteiger partial charge in [0.05, 0.1) is 6.61 Å². The first kappa shape index (κ1) is 13.6. The van der Waals surface area contributed by atoms with Crippen molar-refractivity contribution in [1.29, 1.82) is 0 Å². The lowest BCUT2D eigenvalue weighted by molar-refractivity contribution is -0.138. The van der Waals surface area contributed by atoms with Crippen LogP contribution in [0.15, 0.2) is 12.2 Å².